The van der Waals surface area contributed by atoms with Crippen molar-refractivity contribution in [1.29, 1.82) is 0 Å². The maximum atomic E-state index is 13.6. The molecular weight excluding hydrogens is 322 g/mol. The van der Waals surface area contributed by atoms with Crippen molar-refractivity contribution in [3.05, 3.63) is 65.2 Å². The lowest BCUT2D eigenvalue weighted by molar-refractivity contribution is -0.119. The highest BCUT2D eigenvalue weighted by atomic mass is 19.1. The predicted octanol–water partition coefficient (Wildman–Crippen LogP) is 3.85. The van der Waals surface area contributed by atoms with Gasteiger partial charge in [0.25, 0.3) is 0 Å². The van der Waals surface area contributed by atoms with Crippen LogP contribution in [0.5, 0.6) is 0 Å². The molecule has 0 radical (unpaired) electrons. The third kappa shape index (κ3) is 5.28. The largest absolute Gasteiger partial charge is 0.360 e. The minimum absolute atomic E-state index is 0.00190. The standard InChI is InChI=1S/C20H24F2N2O/c1-14(2)24(16-9-7-15(3)8-10-16)13-20(25)23-12-11-17-18(21)5-4-6-19(17)22/h4-10,14H,11-13H2,1-3H3,(H,23,25). The lowest BCUT2D eigenvalue weighted by Gasteiger charge is -2.28. The van der Waals surface area contributed by atoms with Gasteiger partial charge in [0.2, 0.25) is 5.91 Å². The van der Waals surface area contributed by atoms with Crippen molar-refractivity contribution in [3.63, 3.8) is 0 Å². The van der Waals surface area contributed by atoms with Crippen molar-refractivity contribution in [1.82, 2.24) is 5.32 Å². The quantitative estimate of drug-likeness (QED) is 0.826. The van der Waals surface area contributed by atoms with E-state index in [4.69, 9.17) is 0 Å². The van der Waals surface area contributed by atoms with E-state index in [0.717, 1.165) is 11.3 Å². The van der Waals surface area contributed by atoms with Crippen LogP contribution in [0.4, 0.5) is 14.5 Å². The van der Waals surface area contributed by atoms with Gasteiger partial charge in [0, 0.05) is 23.8 Å². The number of carbonyl (C=O) groups is 1. The molecule has 0 saturated carbocycles. The second-order valence-electron chi connectivity index (χ2n) is 6.36. The molecule has 0 aliphatic rings. The number of nitrogens with one attached hydrogen (secondary N) is 1. The lowest BCUT2D eigenvalue weighted by Crippen LogP contribution is -2.41. The Bertz CT molecular complexity index is 694. The Balaban J connectivity index is 1.92. The van der Waals surface area contributed by atoms with Gasteiger partial charge in [-0.05, 0) is 51.5 Å². The zero-order valence-electron chi connectivity index (χ0n) is 14.9. The summed E-state index contributed by atoms with van der Waals surface area (Å²) in [5, 5.41) is 2.74. The molecule has 25 heavy (non-hydrogen) atoms. The summed E-state index contributed by atoms with van der Waals surface area (Å²) < 4.78 is 27.2. The van der Waals surface area contributed by atoms with Crippen LogP contribution >= 0.6 is 0 Å². The Morgan fingerprint density at radius 2 is 1.68 bits per heavy atom. The summed E-state index contributed by atoms with van der Waals surface area (Å²) in [6, 6.07) is 11.9. The summed E-state index contributed by atoms with van der Waals surface area (Å²) in [4.78, 5) is 14.2. The van der Waals surface area contributed by atoms with Crippen LogP contribution in [-0.4, -0.2) is 25.0 Å². The van der Waals surface area contributed by atoms with Crippen LogP contribution in [0.1, 0.15) is 25.0 Å². The van der Waals surface area contributed by atoms with Gasteiger partial charge in [0.1, 0.15) is 11.6 Å². The van der Waals surface area contributed by atoms with Gasteiger partial charge in [0.05, 0.1) is 6.54 Å². The molecule has 2 aromatic rings. The van der Waals surface area contributed by atoms with Crippen LogP contribution in [0.15, 0.2) is 42.5 Å². The molecule has 134 valence electrons. The minimum atomic E-state index is -0.585. The van der Waals surface area contributed by atoms with E-state index in [0.29, 0.717) is 0 Å². The molecule has 3 nitrogen and oxygen atoms in total. The van der Waals surface area contributed by atoms with Gasteiger partial charge >= 0.3 is 0 Å². The topological polar surface area (TPSA) is 32.3 Å². The normalized spacial score (nSPS) is 10.8. The van der Waals surface area contributed by atoms with Crippen molar-refractivity contribution in [2.24, 2.45) is 0 Å². The van der Waals surface area contributed by atoms with Gasteiger partial charge in [-0.3, -0.25) is 4.79 Å². The Morgan fingerprint density at radius 3 is 2.24 bits per heavy atom. The molecule has 0 spiro atoms. The molecule has 5 heteroatoms. The second kappa shape index (κ2) is 8.60. The van der Waals surface area contributed by atoms with Crippen molar-refractivity contribution < 1.29 is 13.6 Å². The number of anilines is 1. The van der Waals surface area contributed by atoms with Crippen molar-refractivity contribution in [2.75, 3.05) is 18.0 Å². The number of benzene rings is 2. The number of amides is 1. The zero-order chi connectivity index (χ0) is 18.4. The molecule has 2 rings (SSSR count). The van der Waals surface area contributed by atoms with Crippen LogP contribution in [0.3, 0.4) is 0 Å². The lowest BCUT2D eigenvalue weighted by atomic mass is 10.1. The number of hydrogen-bond acceptors (Lipinski definition) is 2. The molecule has 0 saturated heterocycles. The van der Waals surface area contributed by atoms with E-state index in [9.17, 15) is 13.6 Å². The van der Waals surface area contributed by atoms with Crippen molar-refractivity contribution in [2.45, 2.75) is 33.2 Å². The smallest absolute Gasteiger partial charge is 0.239 e. The average molecular weight is 346 g/mol. The van der Waals surface area contributed by atoms with E-state index in [2.05, 4.69) is 5.32 Å². The van der Waals surface area contributed by atoms with Crippen LogP contribution in [0.25, 0.3) is 0 Å². The molecule has 2 aromatic carbocycles. The van der Waals surface area contributed by atoms with Gasteiger partial charge in [-0.15, -0.1) is 0 Å². The maximum Gasteiger partial charge on any atom is 0.239 e. The van der Waals surface area contributed by atoms with Gasteiger partial charge < -0.3 is 10.2 Å². The number of nitrogens with zero attached hydrogens (tertiary/aromatic N) is 1. The van der Waals surface area contributed by atoms with Gasteiger partial charge in [-0.25, -0.2) is 8.78 Å². The Labute approximate surface area is 147 Å². The number of aryl methyl sites for hydroxylation is 1. The molecule has 0 aliphatic carbocycles. The highest BCUT2D eigenvalue weighted by Gasteiger charge is 2.15. The van der Waals surface area contributed by atoms with Crippen molar-refractivity contribution in [3.8, 4) is 0 Å². The Morgan fingerprint density at radius 1 is 1.08 bits per heavy atom. The Hall–Kier alpha value is -2.43. The molecule has 0 fully saturated rings. The maximum absolute atomic E-state index is 13.6. The summed E-state index contributed by atoms with van der Waals surface area (Å²) in [6.45, 7) is 6.43. The summed E-state index contributed by atoms with van der Waals surface area (Å²) in [5.74, 6) is -1.35. The van der Waals surface area contributed by atoms with Gasteiger partial charge in [-0.2, -0.15) is 0 Å². The first-order valence-electron chi connectivity index (χ1n) is 8.41. The molecule has 0 aromatic heterocycles. The van der Waals surface area contributed by atoms with E-state index in [1.165, 1.54) is 18.2 Å². The first kappa shape index (κ1) is 18.9. The molecular formula is C20H24F2N2O. The van der Waals surface area contributed by atoms with E-state index in [1.54, 1.807) is 0 Å². The molecule has 1 amide bonds. The first-order chi connectivity index (χ1) is 11.9. The number of rotatable bonds is 7. The zero-order valence-corrected chi connectivity index (χ0v) is 14.9. The molecule has 1 N–H and O–H groups in total. The van der Waals surface area contributed by atoms with Gasteiger partial charge in [0.15, 0.2) is 0 Å². The highest BCUT2D eigenvalue weighted by Crippen LogP contribution is 2.17. The molecule has 0 atom stereocenters. The SMILES string of the molecule is Cc1ccc(N(CC(=O)NCCc2c(F)cccc2F)C(C)C)cc1. The van der Waals surface area contributed by atoms with Crippen LogP contribution in [0.2, 0.25) is 0 Å². The average Bonchev–Trinajstić information content (AvgIpc) is 2.56. The number of hydrogen-bond donors (Lipinski definition) is 1. The van der Waals surface area contributed by atoms with Crippen LogP contribution < -0.4 is 10.2 Å². The van der Waals surface area contributed by atoms with Crippen molar-refractivity contribution >= 4 is 11.6 Å². The number of halogens is 2. The summed E-state index contributed by atoms with van der Waals surface area (Å²) >= 11 is 0. The Kier molecular flexibility index (Phi) is 6.51. The molecule has 0 aliphatic heterocycles. The van der Waals surface area contributed by atoms with E-state index >= 15 is 0 Å². The summed E-state index contributed by atoms with van der Waals surface area (Å²) in [5.41, 5.74) is 2.13. The van der Waals surface area contributed by atoms with Crippen LogP contribution in [-0.2, 0) is 11.2 Å². The fourth-order valence-electron chi connectivity index (χ4n) is 2.62. The predicted molar refractivity (Wildman–Crippen MR) is 96.7 cm³/mol. The van der Waals surface area contributed by atoms with Gasteiger partial charge in [-0.1, -0.05) is 23.8 Å². The third-order valence-corrected chi connectivity index (χ3v) is 4.06. The summed E-state index contributed by atoms with van der Waals surface area (Å²) in [7, 11) is 0. The van der Waals surface area contributed by atoms with E-state index in [-0.39, 0.29) is 37.0 Å². The monoisotopic (exact) mass is 346 g/mol. The third-order valence-electron chi connectivity index (χ3n) is 4.06. The van der Waals surface area contributed by atoms with E-state index in [1.807, 2.05) is 49.9 Å². The first-order valence-corrected chi connectivity index (χ1v) is 8.41. The fourth-order valence-corrected chi connectivity index (χ4v) is 2.62. The second-order valence-corrected chi connectivity index (χ2v) is 6.36. The minimum Gasteiger partial charge on any atom is -0.360 e. The fraction of sp³-hybridized carbons (Fsp3) is 0.350. The highest BCUT2D eigenvalue weighted by molar-refractivity contribution is 5.81. The van der Waals surface area contributed by atoms with E-state index < -0.39 is 11.6 Å². The molecule has 0 bridgehead atoms. The molecule has 0 heterocycles. The number of carbonyl (C=O) groups excluding carboxylic acids is 1. The summed E-state index contributed by atoms with van der Waals surface area (Å²) in [6.07, 6.45) is 0.121. The molecule has 0 unspecified atom stereocenters. The van der Waals surface area contributed by atoms with Crippen LogP contribution in [0, 0.1) is 18.6 Å².